The molecule has 0 atom stereocenters. The van der Waals surface area contributed by atoms with E-state index in [2.05, 4.69) is 0 Å². The smallest absolute Gasteiger partial charge is 0.241 e. The van der Waals surface area contributed by atoms with Crippen molar-refractivity contribution in [2.75, 3.05) is 23.9 Å². The topological polar surface area (TPSA) is 119 Å². The Bertz CT molecular complexity index is 629. The fourth-order valence-corrected chi connectivity index (χ4v) is 3.35. The molecule has 0 amide bonds. The number of hydrogen-bond acceptors (Lipinski definition) is 6. The lowest BCUT2D eigenvalue weighted by Gasteiger charge is -2.22. The molecule has 1 heterocycles. The molecule has 5 N–H and O–H groups in total. The molecule has 0 aliphatic carbocycles. The van der Waals surface area contributed by atoms with Gasteiger partial charge in [0.1, 0.15) is 10.6 Å². The standard InChI is InChI=1S/C9H11Cl2N3O4S/c10-4-5(11)9(19(13,16)17)7(8(15)6(4)12)14-2-1-3-18-14/h15H,1-3,12H2,(H2,13,16,17). The van der Waals surface area contributed by atoms with Crippen LogP contribution >= 0.6 is 23.2 Å². The predicted molar refractivity (Wildman–Crippen MR) is 71.8 cm³/mol. The zero-order chi connectivity index (χ0) is 14.4. The highest BCUT2D eigenvalue weighted by molar-refractivity contribution is 7.89. The number of phenolic OH excluding ortho intramolecular Hbond substituents is 1. The summed E-state index contributed by atoms with van der Waals surface area (Å²) in [5, 5.41) is 15.7. The molecule has 2 rings (SSSR count). The maximum atomic E-state index is 11.6. The van der Waals surface area contributed by atoms with Gasteiger partial charge in [0.05, 0.1) is 22.3 Å². The molecule has 0 radical (unpaired) electrons. The van der Waals surface area contributed by atoms with Crippen molar-refractivity contribution >= 4 is 44.6 Å². The highest BCUT2D eigenvalue weighted by Crippen LogP contribution is 2.48. The molecule has 1 aliphatic heterocycles. The number of aromatic hydroxyl groups is 1. The Morgan fingerprint density at radius 2 is 1.95 bits per heavy atom. The second-order valence-corrected chi connectivity index (χ2v) is 6.16. The maximum Gasteiger partial charge on any atom is 0.241 e. The summed E-state index contributed by atoms with van der Waals surface area (Å²) in [7, 11) is -4.22. The van der Waals surface area contributed by atoms with Crippen LogP contribution in [0.25, 0.3) is 0 Å². The van der Waals surface area contributed by atoms with Gasteiger partial charge in [0.15, 0.2) is 5.75 Å². The normalized spacial score (nSPS) is 16.1. The monoisotopic (exact) mass is 327 g/mol. The van der Waals surface area contributed by atoms with Crippen molar-refractivity contribution in [3.63, 3.8) is 0 Å². The molecular weight excluding hydrogens is 317 g/mol. The summed E-state index contributed by atoms with van der Waals surface area (Å²) in [5.74, 6) is -0.527. The Hall–Kier alpha value is -0.930. The minimum absolute atomic E-state index is 0.188. The first kappa shape index (κ1) is 14.5. The number of nitrogens with zero attached hydrogens (tertiary/aromatic N) is 1. The van der Waals surface area contributed by atoms with E-state index in [0.717, 1.165) is 0 Å². The van der Waals surface area contributed by atoms with Crippen LogP contribution in [0.1, 0.15) is 6.42 Å². The van der Waals surface area contributed by atoms with E-state index in [9.17, 15) is 13.5 Å². The third kappa shape index (κ3) is 2.41. The summed E-state index contributed by atoms with van der Waals surface area (Å²) >= 11 is 11.7. The molecule has 1 fully saturated rings. The van der Waals surface area contributed by atoms with E-state index >= 15 is 0 Å². The van der Waals surface area contributed by atoms with E-state index in [1.807, 2.05) is 0 Å². The SMILES string of the molecule is Nc1c(O)c(N2CCCO2)c(S(N)(=O)=O)c(Cl)c1Cl. The summed E-state index contributed by atoms with van der Waals surface area (Å²) in [4.78, 5) is 4.69. The van der Waals surface area contributed by atoms with E-state index in [1.54, 1.807) is 0 Å². The molecule has 0 unspecified atom stereocenters. The van der Waals surface area contributed by atoms with Crippen molar-refractivity contribution in [1.82, 2.24) is 0 Å². The van der Waals surface area contributed by atoms with Gasteiger partial charge in [0, 0.05) is 6.54 Å². The number of benzene rings is 1. The number of hydrogen-bond donors (Lipinski definition) is 3. The lowest BCUT2D eigenvalue weighted by molar-refractivity contribution is 0.165. The van der Waals surface area contributed by atoms with Crippen molar-refractivity contribution in [1.29, 1.82) is 0 Å². The quantitative estimate of drug-likeness (QED) is 0.552. The van der Waals surface area contributed by atoms with Gasteiger partial charge >= 0.3 is 0 Å². The average Bonchev–Trinajstić information content (AvgIpc) is 2.82. The van der Waals surface area contributed by atoms with E-state index in [4.69, 9.17) is 38.9 Å². The Kier molecular flexibility index (Phi) is 3.72. The van der Waals surface area contributed by atoms with E-state index in [1.165, 1.54) is 5.06 Å². The number of nitrogens with two attached hydrogens (primary N) is 2. The van der Waals surface area contributed by atoms with Crippen LogP contribution in [0.4, 0.5) is 11.4 Å². The maximum absolute atomic E-state index is 11.6. The number of rotatable bonds is 2. The first-order chi connectivity index (χ1) is 8.75. The summed E-state index contributed by atoms with van der Waals surface area (Å²) < 4.78 is 23.3. The summed E-state index contributed by atoms with van der Waals surface area (Å²) in [6.45, 7) is 0.747. The van der Waals surface area contributed by atoms with Crippen molar-refractivity contribution in [3.05, 3.63) is 10.0 Å². The zero-order valence-corrected chi connectivity index (χ0v) is 11.9. The highest BCUT2D eigenvalue weighted by atomic mass is 35.5. The van der Waals surface area contributed by atoms with Crippen LogP contribution in [0.2, 0.25) is 10.0 Å². The van der Waals surface area contributed by atoms with Gasteiger partial charge in [0.2, 0.25) is 10.0 Å². The molecule has 0 aromatic heterocycles. The summed E-state index contributed by atoms with van der Waals surface area (Å²) in [6, 6.07) is 0. The second-order valence-electron chi connectivity index (χ2n) is 3.90. The molecule has 106 valence electrons. The summed E-state index contributed by atoms with van der Waals surface area (Å²) in [5.41, 5.74) is 5.16. The Morgan fingerprint density at radius 3 is 2.42 bits per heavy atom. The number of primary sulfonamides is 1. The van der Waals surface area contributed by atoms with Crippen LogP contribution in [0.15, 0.2) is 4.90 Å². The first-order valence-electron chi connectivity index (χ1n) is 5.17. The van der Waals surface area contributed by atoms with E-state index < -0.39 is 20.7 Å². The van der Waals surface area contributed by atoms with Gasteiger partial charge in [-0.2, -0.15) is 0 Å². The Balaban J connectivity index is 2.82. The van der Waals surface area contributed by atoms with Crippen molar-refractivity contribution in [2.24, 2.45) is 5.14 Å². The minimum Gasteiger partial charge on any atom is -0.504 e. The van der Waals surface area contributed by atoms with Crippen molar-refractivity contribution in [2.45, 2.75) is 11.3 Å². The van der Waals surface area contributed by atoms with Crippen LogP contribution in [0.5, 0.6) is 5.75 Å². The molecule has 10 heteroatoms. The average molecular weight is 328 g/mol. The predicted octanol–water partition coefficient (Wildman–Crippen LogP) is 1.07. The number of hydroxylamine groups is 1. The van der Waals surface area contributed by atoms with Crippen LogP contribution in [0.3, 0.4) is 0 Å². The lowest BCUT2D eigenvalue weighted by Crippen LogP contribution is -2.23. The molecule has 0 bridgehead atoms. The van der Waals surface area contributed by atoms with Gasteiger partial charge < -0.3 is 10.8 Å². The van der Waals surface area contributed by atoms with E-state index in [-0.39, 0.29) is 21.4 Å². The van der Waals surface area contributed by atoms with Gasteiger partial charge in [-0.1, -0.05) is 23.2 Å². The van der Waals surface area contributed by atoms with Gasteiger partial charge in [-0.25, -0.2) is 18.6 Å². The molecule has 0 spiro atoms. The summed E-state index contributed by atoms with van der Waals surface area (Å²) in [6.07, 6.45) is 0.656. The molecule has 0 saturated carbocycles. The molecule has 19 heavy (non-hydrogen) atoms. The van der Waals surface area contributed by atoms with Crippen molar-refractivity contribution < 1.29 is 18.4 Å². The minimum atomic E-state index is -4.22. The van der Waals surface area contributed by atoms with E-state index in [0.29, 0.717) is 19.6 Å². The number of phenols is 1. The largest absolute Gasteiger partial charge is 0.504 e. The zero-order valence-electron chi connectivity index (χ0n) is 9.56. The fourth-order valence-electron chi connectivity index (χ4n) is 1.78. The number of anilines is 2. The van der Waals surface area contributed by atoms with Crippen LogP contribution < -0.4 is 15.9 Å². The molecular formula is C9H11Cl2N3O4S. The van der Waals surface area contributed by atoms with Gasteiger partial charge in [-0.05, 0) is 6.42 Å². The number of nitrogen functional groups attached to an aromatic ring is 1. The number of sulfonamides is 1. The van der Waals surface area contributed by atoms with Gasteiger partial charge in [-0.15, -0.1) is 0 Å². The molecule has 7 nitrogen and oxygen atoms in total. The fraction of sp³-hybridized carbons (Fsp3) is 0.333. The van der Waals surface area contributed by atoms with Crippen LogP contribution in [-0.4, -0.2) is 26.7 Å². The Labute approximate surface area is 119 Å². The van der Waals surface area contributed by atoms with Crippen LogP contribution in [0, 0.1) is 0 Å². The van der Waals surface area contributed by atoms with Gasteiger partial charge in [0.25, 0.3) is 0 Å². The number of halogens is 2. The molecule has 1 saturated heterocycles. The Morgan fingerprint density at radius 1 is 1.32 bits per heavy atom. The molecule has 1 aliphatic rings. The highest BCUT2D eigenvalue weighted by Gasteiger charge is 2.32. The molecule has 1 aromatic rings. The first-order valence-corrected chi connectivity index (χ1v) is 7.48. The van der Waals surface area contributed by atoms with Crippen LogP contribution in [-0.2, 0) is 14.9 Å². The third-order valence-electron chi connectivity index (χ3n) is 2.61. The lowest BCUT2D eigenvalue weighted by atomic mass is 10.2. The third-order valence-corrected chi connectivity index (χ3v) is 4.56. The van der Waals surface area contributed by atoms with Crippen molar-refractivity contribution in [3.8, 4) is 5.75 Å². The second kappa shape index (κ2) is 4.88. The van der Waals surface area contributed by atoms with Gasteiger partial charge in [-0.3, -0.25) is 4.84 Å². The molecule has 1 aromatic carbocycles.